The highest BCUT2D eigenvalue weighted by Crippen LogP contribution is 2.25. The van der Waals surface area contributed by atoms with Crippen LogP contribution in [0.2, 0.25) is 0 Å². The lowest BCUT2D eigenvalue weighted by Gasteiger charge is -1.96. The van der Waals surface area contributed by atoms with Gasteiger partial charge in [0.05, 0.1) is 37.8 Å². The third-order valence-corrected chi connectivity index (χ3v) is 2.29. The summed E-state index contributed by atoms with van der Waals surface area (Å²) >= 11 is 0. The van der Waals surface area contributed by atoms with Gasteiger partial charge in [0, 0.05) is 0 Å². The number of rotatable bonds is 1. The normalized spacial score (nSPS) is 26.6. The van der Waals surface area contributed by atoms with E-state index >= 15 is 0 Å². The topological polar surface area (TPSA) is 21.6 Å². The zero-order valence-electron chi connectivity index (χ0n) is 7.16. The van der Waals surface area contributed by atoms with Crippen LogP contribution in [0.15, 0.2) is 29.1 Å². The van der Waals surface area contributed by atoms with Gasteiger partial charge in [-0.2, -0.15) is 0 Å². The molecule has 1 unspecified atom stereocenters. The van der Waals surface area contributed by atoms with Crippen molar-refractivity contribution in [2.45, 2.75) is 12.8 Å². The van der Waals surface area contributed by atoms with Crippen molar-refractivity contribution in [1.29, 1.82) is 0 Å². The largest absolute Gasteiger partial charge is 0.495 e. The van der Waals surface area contributed by atoms with Crippen LogP contribution in [0.1, 0.15) is 12.8 Å². The van der Waals surface area contributed by atoms with Gasteiger partial charge < -0.3 is 4.74 Å². The molecule has 0 aromatic rings. The minimum absolute atomic E-state index is 0.522. The number of fused-ring (bicyclic) bond motifs is 1. The van der Waals surface area contributed by atoms with Crippen LogP contribution in [-0.2, 0) is 4.74 Å². The molecular weight excluding hydrogens is 150 g/mol. The summed E-state index contributed by atoms with van der Waals surface area (Å²) in [4.78, 5) is 4.37. The first-order valence-electron chi connectivity index (χ1n) is 4.21. The van der Waals surface area contributed by atoms with Crippen LogP contribution in [0, 0.1) is 12.3 Å². The van der Waals surface area contributed by atoms with Gasteiger partial charge in [0.15, 0.2) is 0 Å². The average molecular weight is 162 g/mol. The van der Waals surface area contributed by atoms with Crippen LogP contribution >= 0.6 is 0 Å². The van der Waals surface area contributed by atoms with Gasteiger partial charge in [0.25, 0.3) is 0 Å². The minimum Gasteiger partial charge on any atom is -0.495 e. The van der Waals surface area contributed by atoms with E-state index in [0.717, 1.165) is 18.6 Å². The number of methoxy groups -OCH3 is 1. The first kappa shape index (κ1) is 7.47. The molecule has 0 radical (unpaired) electrons. The zero-order valence-corrected chi connectivity index (χ0v) is 7.16. The van der Waals surface area contributed by atoms with Gasteiger partial charge in [-0.3, -0.25) is 4.99 Å². The van der Waals surface area contributed by atoms with Gasteiger partial charge in [0.1, 0.15) is 12.2 Å². The Bertz CT molecular complexity index is 263. The van der Waals surface area contributed by atoms with Crippen molar-refractivity contribution in [3.63, 3.8) is 0 Å². The maximum atomic E-state index is 5.09. The first-order valence-corrected chi connectivity index (χ1v) is 4.21. The van der Waals surface area contributed by atoms with Crippen molar-refractivity contribution in [2.75, 3.05) is 7.11 Å². The molecule has 2 aliphatic rings. The standard InChI is InChI=1S/C10H12NO/c1-12-9-6-5-8-3-2-4-10(8)11-7-9/h2,5-8H,3-4H2,1H3/q+1. The molecule has 2 heteroatoms. The van der Waals surface area contributed by atoms with E-state index in [0.29, 0.717) is 5.92 Å². The fourth-order valence-electron chi connectivity index (χ4n) is 1.56. The summed E-state index contributed by atoms with van der Waals surface area (Å²) in [6.45, 7) is 0. The number of hydrogen-bond acceptors (Lipinski definition) is 2. The molecule has 2 nitrogen and oxygen atoms in total. The Kier molecular flexibility index (Phi) is 1.90. The number of ether oxygens (including phenoxy) is 1. The molecule has 12 heavy (non-hydrogen) atoms. The Morgan fingerprint density at radius 1 is 1.67 bits per heavy atom. The quantitative estimate of drug-likeness (QED) is 0.541. The van der Waals surface area contributed by atoms with Crippen LogP contribution in [0.3, 0.4) is 0 Å². The van der Waals surface area contributed by atoms with Crippen molar-refractivity contribution in [3.8, 4) is 0 Å². The Morgan fingerprint density at radius 3 is 3.42 bits per heavy atom. The second-order valence-corrected chi connectivity index (χ2v) is 3.05. The van der Waals surface area contributed by atoms with Crippen LogP contribution < -0.4 is 0 Å². The van der Waals surface area contributed by atoms with Gasteiger partial charge in [-0.1, -0.05) is 6.08 Å². The third kappa shape index (κ3) is 1.24. The molecule has 0 aromatic carbocycles. The van der Waals surface area contributed by atoms with E-state index in [1.807, 2.05) is 6.08 Å². The summed E-state index contributed by atoms with van der Waals surface area (Å²) in [7, 11) is 1.67. The molecule has 1 fully saturated rings. The van der Waals surface area contributed by atoms with Crippen molar-refractivity contribution < 1.29 is 4.74 Å². The monoisotopic (exact) mass is 162 g/mol. The summed E-state index contributed by atoms with van der Waals surface area (Å²) < 4.78 is 5.09. The average Bonchev–Trinajstić information content (AvgIpc) is 2.46. The fraction of sp³-hybridized carbons (Fsp3) is 0.400. The third-order valence-electron chi connectivity index (χ3n) is 2.29. The molecule has 2 rings (SSSR count). The molecule has 0 bridgehead atoms. The molecule has 0 amide bonds. The van der Waals surface area contributed by atoms with E-state index in [2.05, 4.69) is 17.5 Å². The van der Waals surface area contributed by atoms with Crippen LogP contribution in [-0.4, -0.2) is 12.8 Å². The van der Waals surface area contributed by atoms with Gasteiger partial charge in [-0.25, -0.2) is 0 Å². The summed E-state index contributed by atoms with van der Waals surface area (Å²) in [5.41, 5.74) is 1.26. The highest BCUT2D eigenvalue weighted by Gasteiger charge is 2.27. The van der Waals surface area contributed by atoms with E-state index in [9.17, 15) is 0 Å². The molecule has 1 atom stereocenters. The van der Waals surface area contributed by atoms with Crippen LogP contribution in [0.25, 0.3) is 0 Å². The lowest BCUT2D eigenvalue weighted by Crippen LogP contribution is -2.01. The molecule has 1 saturated carbocycles. The zero-order chi connectivity index (χ0) is 8.39. The number of allylic oxidation sites excluding steroid dienone is 2. The smallest absolute Gasteiger partial charge is 0.136 e. The lowest BCUT2D eigenvalue weighted by molar-refractivity contribution is 0.306. The summed E-state index contributed by atoms with van der Waals surface area (Å²) in [5.74, 6) is 1.37. The van der Waals surface area contributed by atoms with E-state index in [-0.39, 0.29) is 0 Å². The first-order chi connectivity index (χ1) is 5.90. The van der Waals surface area contributed by atoms with E-state index in [1.54, 1.807) is 13.3 Å². The molecule has 1 aliphatic carbocycles. The summed E-state index contributed by atoms with van der Waals surface area (Å²) in [6, 6.07) is 0. The van der Waals surface area contributed by atoms with Crippen LogP contribution in [0.4, 0.5) is 0 Å². The number of hydrogen-bond donors (Lipinski definition) is 0. The Balaban J connectivity index is 2.24. The molecule has 0 saturated heterocycles. The Labute approximate surface area is 72.6 Å². The van der Waals surface area contributed by atoms with Crippen molar-refractivity contribution in [2.24, 2.45) is 10.9 Å². The van der Waals surface area contributed by atoms with Crippen LogP contribution in [0.5, 0.6) is 0 Å². The second-order valence-electron chi connectivity index (χ2n) is 3.05. The fourth-order valence-corrected chi connectivity index (χ4v) is 1.56. The highest BCUT2D eigenvalue weighted by atomic mass is 16.5. The van der Waals surface area contributed by atoms with Crippen molar-refractivity contribution >= 4 is 5.71 Å². The Hall–Kier alpha value is -1.18. The molecule has 62 valence electrons. The maximum Gasteiger partial charge on any atom is 0.136 e. The predicted octanol–water partition coefficient (Wildman–Crippen LogP) is 2.10. The maximum absolute atomic E-state index is 5.09. The number of nitrogens with zero attached hydrogens (tertiary/aromatic N) is 1. The van der Waals surface area contributed by atoms with Crippen molar-refractivity contribution in [1.82, 2.24) is 0 Å². The molecule has 0 aromatic heterocycles. The van der Waals surface area contributed by atoms with E-state index in [4.69, 9.17) is 4.74 Å². The predicted molar refractivity (Wildman–Crippen MR) is 48.7 cm³/mol. The summed E-state index contributed by atoms with van der Waals surface area (Å²) in [5, 5.41) is 0. The molecule has 1 heterocycles. The van der Waals surface area contributed by atoms with Gasteiger partial charge in [0.2, 0.25) is 0 Å². The highest BCUT2D eigenvalue weighted by molar-refractivity contribution is 5.92. The van der Waals surface area contributed by atoms with Gasteiger partial charge in [-0.15, -0.1) is 0 Å². The molecular formula is C10H12NO+. The molecule has 0 spiro atoms. The molecule has 0 N–H and O–H groups in total. The number of aliphatic imine (C=N–C) groups is 1. The minimum atomic E-state index is 0.522. The van der Waals surface area contributed by atoms with Gasteiger partial charge in [-0.05, 0) is 6.08 Å². The second kappa shape index (κ2) is 3.05. The molecule has 1 aliphatic heterocycles. The lowest BCUT2D eigenvalue weighted by atomic mass is 10.1. The Morgan fingerprint density at radius 2 is 2.58 bits per heavy atom. The van der Waals surface area contributed by atoms with Gasteiger partial charge >= 0.3 is 0 Å². The van der Waals surface area contributed by atoms with Crippen molar-refractivity contribution in [3.05, 3.63) is 30.5 Å². The summed E-state index contributed by atoms with van der Waals surface area (Å²) in [6.07, 6.45) is 10.4. The van der Waals surface area contributed by atoms with E-state index in [1.165, 1.54) is 5.71 Å². The SMILES string of the molecule is COC1=CN=C2C[CH+]CC2C=C1. The van der Waals surface area contributed by atoms with E-state index < -0.39 is 0 Å².